The predicted molar refractivity (Wildman–Crippen MR) is 119 cm³/mol. The first-order valence-electron chi connectivity index (χ1n) is 8.36. The first kappa shape index (κ1) is 22.0. The van der Waals surface area contributed by atoms with Gasteiger partial charge in [-0.15, -0.1) is 0 Å². The van der Waals surface area contributed by atoms with E-state index in [1.54, 1.807) is 37.4 Å². The Morgan fingerprint density at radius 2 is 1.79 bits per heavy atom. The maximum atomic E-state index is 13.2. The van der Waals surface area contributed by atoms with E-state index in [1.165, 1.54) is 22.5 Å². The summed E-state index contributed by atoms with van der Waals surface area (Å²) in [5.74, 6) is -0.216. The molecule has 0 bridgehead atoms. The summed E-state index contributed by atoms with van der Waals surface area (Å²) >= 11 is 12.0. The molecule has 1 amide bonds. The molecule has 3 N–H and O–H groups in total. The van der Waals surface area contributed by atoms with Gasteiger partial charge in [-0.25, -0.2) is 4.21 Å². The van der Waals surface area contributed by atoms with Gasteiger partial charge in [-0.2, -0.15) is 0 Å². The normalized spacial score (nSPS) is 12.2. The summed E-state index contributed by atoms with van der Waals surface area (Å²) in [6, 6.07) is 15.0. The summed E-state index contributed by atoms with van der Waals surface area (Å²) in [6.07, 6.45) is -0.243. The van der Waals surface area contributed by atoms with Gasteiger partial charge in [-0.3, -0.25) is 9.10 Å². The molecular weight excluding hydrogens is 454 g/mol. The number of carbonyl (C=O) groups excluding carboxylic acids is 1. The van der Waals surface area contributed by atoms with Crippen molar-refractivity contribution in [2.24, 2.45) is 0 Å². The van der Waals surface area contributed by atoms with Crippen LogP contribution >= 0.6 is 31.6 Å². The number of hydrogen-bond donors (Lipinski definition) is 3. The standard InChI is InChI=1S/C19H17Cl2N2O4PS/c1-22-19(24)18-4-2-3-12-7-15(5-6-17(12)18)23(11-28(25)26)29(27)16-9-13(20)8-14(21)10-16/h2-10,25-26H,11H2,1H3,(H,22,24). The summed E-state index contributed by atoms with van der Waals surface area (Å²) < 4.78 is 14.5. The molecule has 29 heavy (non-hydrogen) atoms. The van der Waals surface area contributed by atoms with Gasteiger partial charge in [0.25, 0.3) is 5.91 Å². The number of nitrogens with one attached hydrogen (secondary N) is 1. The number of anilines is 1. The van der Waals surface area contributed by atoms with E-state index in [0.717, 1.165) is 10.8 Å². The number of benzene rings is 3. The van der Waals surface area contributed by atoms with Gasteiger partial charge in [0.15, 0.2) is 19.4 Å². The molecule has 10 heteroatoms. The van der Waals surface area contributed by atoms with Gasteiger partial charge >= 0.3 is 0 Å². The van der Waals surface area contributed by atoms with E-state index in [4.69, 9.17) is 23.2 Å². The van der Waals surface area contributed by atoms with Crippen molar-refractivity contribution in [1.29, 1.82) is 0 Å². The van der Waals surface area contributed by atoms with Crippen LogP contribution in [0.1, 0.15) is 10.4 Å². The highest BCUT2D eigenvalue weighted by atomic mass is 35.5. The lowest BCUT2D eigenvalue weighted by Crippen LogP contribution is -2.26. The van der Waals surface area contributed by atoms with E-state index in [1.807, 2.05) is 6.07 Å². The molecule has 0 radical (unpaired) electrons. The summed E-state index contributed by atoms with van der Waals surface area (Å²) in [6.45, 7) is 0. The van der Waals surface area contributed by atoms with Crippen LogP contribution in [0.2, 0.25) is 10.0 Å². The largest absolute Gasteiger partial charge is 0.355 e. The second-order valence-electron chi connectivity index (χ2n) is 6.04. The quantitative estimate of drug-likeness (QED) is 0.468. The monoisotopic (exact) mass is 470 g/mol. The fourth-order valence-corrected chi connectivity index (χ4v) is 5.65. The number of nitrogens with zero attached hydrogens (tertiary/aromatic N) is 1. The van der Waals surface area contributed by atoms with Crippen LogP contribution in [0.5, 0.6) is 0 Å². The molecule has 0 aliphatic rings. The maximum absolute atomic E-state index is 13.2. The van der Waals surface area contributed by atoms with Crippen LogP contribution in [-0.2, 0) is 11.0 Å². The maximum Gasteiger partial charge on any atom is 0.251 e. The molecule has 0 heterocycles. The first-order chi connectivity index (χ1) is 13.8. The number of hydrogen-bond acceptors (Lipinski definition) is 4. The molecule has 3 rings (SSSR count). The number of fused-ring (bicyclic) bond motifs is 1. The molecular formula is C19H17Cl2N2O4PS. The Morgan fingerprint density at radius 3 is 2.41 bits per heavy atom. The molecule has 0 aliphatic carbocycles. The highest BCUT2D eigenvalue weighted by Crippen LogP contribution is 2.34. The van der Waals surface area contributed by atoms with Crippen molar-refractivity contribution in [3.05, 3.63) is 70.2 Å². The van der Waals surface area contributed by atoms with Crippen molar-refractivity contribution >= 4 is 64.9 Å². The van der Waals surface area contributed by atoms with Gasteiger partial charge in [0.2, 0.25) is 0 Å². The van der Waals surface area contributed by atoms with Crippen LogP contribution < -0.4 is 9.62 Å². The summed E-state index contributed by atoms with van der Waals surface area (Å²) in [4.78, 5) is 31.6. The summed E-state index contributed by atoms with van der Waals surface area (Å²) in [7, 11) is -2.59. The number of carbonyl (C=O) groups is 1. The highest BCUT2D eigenvalue weighted by Gasteiger charge is 2.21. The van der Waals surface area contributed by atoms with Gasteiger partial charge in [-0.1, -0.05) is 41.4 Å². The Bertz CT molecular complexity index is 1080. The van der Waals surface area contributed by atoms with E-state index >= 15 is 0 Å². The van der Waals surface area contributed by atoms with Crippen LogP contribution in [0.3, 0.4) is 0 Å². The minimum atomic E-state index is -2.36. The van der Waals surface area contributed by atoms with E-state index < -0.39 is 19.4 Å². The zero-order valence-electron chi connectivity index (χ0n) is 15.2. The fourth-order valence-electron chi connectivity index (χ4n) is 2.86. The lowest BCUT2D eigenvalue weighted by molar-refractivity contribution is 0.0964. The Hall–Kier alpha value is -1.73. The lowest BCUT2D eigenvalue weighted by atomic mass is 10.0. The predicted octanol–water partition coefficient (Wildman–Crippen LogP) is 4.29. The third-order valence-electron chi connectivity index (χ3n) is 4.12. The first-order valence-corrected chi connectivity index (χ1v) is 11.7. The number of rotatable bonds is 6. The van der Waals surface area contributed by atoms with Crippen molar-refractivity contribution in [3.63, 3.8) is 0 Å². The zero-order valence-corrected chi connectivity index (χ0v) is 18.4. The van der Waals surface area contributed by atoms with Crippen LogP contribution in [0, 0.1) is 0 Å². The van der Waals surface area contributed by atoms with E-state index in [-0.39, 0.29) is 12.2 Å². The SMILES string of the molecule is CNC(=O)c1cccc2cc(N(CP(O)O)S(=O)c3cc(Cl)cc(Cl)c3)ccc12. The zero-order chi connectivity index (χ0) is 21.1. The third-order valence-corrected chi connectivity index (χ3v) is 6.66. The smallest absolute Gasteiger partial charge is 0.251 e. The summed E-state index contributed by atoms with van der Waals surface area (Å²) in [5.41, 5.74) is 1.01. The molecule has 152 valence electrons. The van der Waals surface area contributed by atoms with Crippen LogP contribution in [0.4, 0.5) is 5.69 Å². The van der Waals surface area contributed by atoms with Crippen LogP contribution in [0.15, 0.2) is 59.5 Å². The van der Waals surface area contributed by atoms with Crippen molar-refractivity contribution in [2.45, 2.75) is 4.90 Å². The van der Waals surface area contributed by atoms with Gasteiger partial charge in [0.1, 0.15) is 6.29 Å². The molecule has 1 atom stereocenters. The van der Waals surface area contributed by atoms with E-state index in [9.17, 15) is 18.8 Å². The van der Waals surface area contributed by atoms with Crippen molar-refractivity contribution < 1.29 is 18.8 Å². The average Bonchev–Trinajstić information content (AvgIpc) is 2.69. The molecule has 1 unspecified atom stereocenters. The molecule has 0 spiro atoms. The molecule has 6 nitrogen and oxygen atoms in total. The minimum Gasteiger partial charge on any atom is -0.355 e. The lowest BCUT2D eigenvalue weighted by Gasteiger charge is -2.24. The van der Waals surface area contributed by atoms with Gasteiger partial charge < -0.3 is 15.1 Å². The van der Waals surface area contributed by atoms with Crippen LogP contribution in [-0.4, -0.2) is 33.2 Å². The molecule has 0 saturated heterocycles. The third kappa shape index (κ3) is 5.07. The second kappa shape index (κ2) is 9.39. The summed E-state index contributed by atoms with van der Waals surface area (Å²) in [5, 5.41) is 4.72. The minimum absolute atomic E-state index is 0.216. The van der Waals surface area contributed by atoms with E-state index in [2.05, 4.69) is 5.32 Å². The van der Waals surface area contributed by atoms with Crippen molar-refractivity contribution in [2.75, 3.05) is 17.6 Å². The molecule has 0 aliphatic heterocycles. The number of amides is 1. The molecule has 3 aromatic carbocycles. The Labute approximate surface area is 181 Å². The topological polar surface area (TPSA) is 89.9 Å². The molecule has 0 saturated carbocycles. The van der Waals surface area contributed by atoms with Gasteiger partial charge in [0, 0.05) is 22.7 Å². The van der Waals surface area contributed by atoms with Crippen molar-refractivity contribution in [1.82, 2.24) is 5.32 Å². The van der Waals surface area contributed by atoms with Gasteiger partial charge in [-0.05, 0) is 47.2 Å². The average molecular weight is 471 g/mol. The Balaban J connectivity index is 2.08. The Morgan fingerprint density at radius 1 is 1.10 bits per heavy atom. The van der Waals surface area contributed by atoms with E-state index in [0.29, 0.717) is 26.2 Å². The number of halogens is 2. The van der Waals surface area contributed by atoms with Gasteiger partial charge in [0.05, 0.1) is 10.6 Å². The highest BCUT2D eigenvalue weighted by molar-refractivity contribution is 7.86. The fraction of sp³-hybridized carbons (Fsp3) is 0.105. The molecule has 0 aromatic heterocycles. The molecule has 0 fully saturated rings. The second-order valence-corrected chi connectivity index (χ2v) is 9.35. The van der Waals surface area contributed by atoms with Crippen LogP contribution in [0.25, 0.3) is 10.8 Å². The molecule has 3 aromatic rings. The Kier molecular flexibility index (Phi) is 7.11. The van der Waals surface area contributed by atoms with Crippen molar-refractivity contribution in [3.8, 4) is 0 Å².